The van der Waals surface area contributed by atoms with Gasteiger partial charge in [0.05, 0.1) is 10.6 Å². The predicted molar refractivity (Wildman–Crippen MR) is 74.9 cm³/mol. The number of amides is 1. The molecule has 1 aromatic rings. The minimum atomic E-state index is -0.956. The van der Waals surface area contributed by atoms with Gasteiger partial charge in [0.2, 0.25) is 0 Å². The molecular formula is C13H14ClNO3S. The standard InChI is InChI=1S/C13H14ClNO3S/c1-19-8-4-5-10(14)9(7-8)12(16)15-6-2-3-11(15)13(17)18/h4-5,7,11H,2-3,6H2,1H3,(H,17,18). The van der Waals surface area contributed by atoms with Crippen molar-refractivity contribution in [2.45, 2.75) is 23.8 Å². The van der Waals surface area contributed by atoms with Crippen molar-refractivity contribution in [3.63, 3.8) is 0 Å². The number of halogens is 1. The molecule has 1 heterocycles. The third kappa shape index (κ3) is 2.87. The van der Waals surface area contributed by atoms with Crippen LogP contribution in [0.15, 0.2) is 23.1 Å². The number of carboxylic acid groups (broad SMARTS) is 1. The van der Waals surface area contributed by atoms with E-state index in [9.17, 15) is 9.59 Å². The van der Waals surface area contributed by atoms with Crippen LogP contribution >= 0.6 is 23.4 Å². The number of aliphatic carboxylic acids is 1. The summed E-state index contributed by atoms with van der Waals surface area (Å²) in [6.45, 7) is 0.468. The fraction of sp³-hybridized carbons (Fsp3) is 0.385. The van der Waals surface area contributed by atoms with Gasteiger partial charge in [-0.2, -0.15) is 0 Å². The van der Waals surface area contributed by atoms with Crippen LogP contribution in [-0.2, 0) is 4.79 Å². The molecule has 0 radical (unpaired) electrons. The Kier molecular flexibility index (Phi) is 4.37. The second-order valence-corrected chi connectivity index (χ2v) is 5.63. The Morgan fingerprint density at radius 3 is 2.84 bits per heavy atom. The first kappa shape index (κ1) is 14.2. The molecule has 102 valence electrons. The van der Waals surface area contributed by atoms with Gasteiger partial charge in [0, 0.05) is 11.4 Å². The van der Waals surface area contributed by atoms with Crippen molar-refractivity contribution < 1.29 is 14.7 Å². The summed E-state index contributed by atoms with van der Waals surface area (Å²) in [6.07, 6.45) is 3.12. The van der Waals surface area contributed by atoms with Crippen LogP contribution in [0.1, 0.15) is 23.2 Å². The van der Waals surface area contributed by atoms with Crippen molar-refractivity contribution in [3.8, 4) is 0 Å². The van der Waals surface area contributed by atoms with Crippen LogP contribution in [0.2, 0.25) is 5.02 Å². The van der Waals surface area contributed by atoms with Gasteiger partial charge in [0.15, 0.2) is 0 Å². The Hall–Kier alpha value is -1.20. The Bertz CT molecular complexity index is 521. The molecule has 1 atom stereocenters. The number of hydrogen-bond acceptors (Lipinski definition) is 3. The first-order valence-corrected chi connectivity index (χ1v) is 7.52. The molecule has 1 N–H and O–H groups in total. The highest BCUT2D eigenvalue weighted by Gasteiger charge is 2.35. The summed E-state index contributed by atoms with van der Waals surface area (Å²) < 4.78 is 0. The summed E-state index contributed by atoms with van der Waals surface area (Å²) in [7, 11) is 0. The Morgan fingerprint density at radius 2 is 2.21 bits per heavy atom. The van der Waals surface area contributed by atoms with Gasteiger partial charge < -0.3 is 10.0 Å². The van der Waals surface area contributed by atoms with Crippen LogP contribution < -0.4 is 0 Å². The zero-order valence-electron chi connectivity index (χ0n) is 10.4. The molecule has 2 rings (SSSR count). The third-order valence-corrected chi connectivity index (χ3v) is 4.26. The van der Waals surface area contributed by atoms with Crippen molar-refractivity contribution in [1.82, 2.24) is 4.90 Å². The van der Waals surface area contributed by atoms with E-state index in [0.717, 1.165) is 4.90 Å². The van der Waals surface area contributed by atoms with Crippen molar-refractivity contribution in [2.24, 2.45) is 0 Å². The molecule has 1 unspecified atom stereocenters. The van der Waals surface area contributed by atoms with Gasteiger partial charge in [-0.05, 0) is 37.3 Å². The van der Waals surface area contributed by atoms with Crippen LogP contribution in [0.25, 0.3) is 0 Å². The third-order valence-electron chi connectivity index (χ3n) is 3.20. The molecule has 0 spiro atoms. The zero-order valence-corrected chi connectivity index (χ0v) is 12.0. The average Bonchev–Trinajstić information content (AvgIpc) is 2.88. The topological polar surface area (TPSA) is 57.6 Å². The monoisotopic (exact) mass is 299 g/mol. The van der Waals surface area contributed by atoms with E-state index in [1.54, 1.807) is 12.1 Å². The summed E-state index contributed by atoms with van der Waals surface area (Å²) in [6, 6.07) is 4.49. The minimum absolute atomic E-state index is 0.300. The molecule has 1 aliphatic rings. The molecule has 0 bridgehead atoms. The normalized spacial score (nSPS) is 18.6. The van der Waals surface area contributed by atoms with E-state index in [4.69, 9.17) is 16.7 Å². The van der Waals surface area contributed by atoms with E-state index in [2.05, 4.69) is 0 Å². The molecule has 0 saturated carbocycles. The maximum absolute atomic E-state index is 12.4. The van der Waals surface area contributed by atoms with Crippen molar-refractivity contribution in [1.29, 1.82) is 0 Å². The second kappa shape index (κ2) is 5.84. The lowest BCUT2D eigenvalue weighted by molar-refractivity contribution is -0.141. The number of carboxylic acids is 1. The Balaban J connectivity index is 2.31. The van der Waals surface area contributed by atoms with Gasteiger partial charge in [0.25, 0.3) is 5.91 Å². The highest BCUT2D eigenvalue weighted by molar-refractivity contribution is 7.98. The smallest absolute Gasteiger partial charge is 0.326 e. The molecule has 1 saturated heterocycles. The molecule has 19 heavy (non-hydrogen) atoms. The van der Waals surface area contributed by atoms with E-state index in [-0.39, 0.29) is 5.91 Å². The minimum Gasteiger partial charge on any atom is -0.480 e. The maximum Gasteiger partial charge on any atom is 0.326 e. The lowest BCUT2D eigenvalue weighted by Crippen LogP contribution is -2.40. The first-order chi connectivity index (χ1) is 9.04. The first-order valence-electron chi connectivity index (χ1n) is 5.92. The summed E-state index contributed by atoms with van der Waals surface area (Å²) in [5, 5.41) is 9.48. The summed E-state index contributed by atoms with van der Waals surface area (Å²) in [5.41, 5.74) is 0.377. The Morgan fingerprint density at radius 1 is 1.47 bits per heavy atom. The van der Waals surface area contributed by atoms with Crippen LogP contribution in [0.3, 0.4) is 0 Å². The number of carbonyl (C=O) groups excluding carboxylic acids is 1. The van der Waals surface area contributed by atoms with Gasteiger partial charge in [-0.25, -0.2) is 4.79 Å². The fourth-order valence-corrected chi connectivity index (χ4v) is 2.85. The maximum atomic E-state index is 12.4. The van der Waals surface area contributed by atoms with Crippen LogP contribution in [0, 0.1) is 0 Å². The number of likely N-dealkylation sites (tertiary alicyclic amines) is 1. The molecule has 1 aliphatic heterocycles. The van der Waals surface area contributed by atoms with Crippen LogP contribution in [-0.4, -0.2) is 40.7 Å². The molecular weight excluding hydrogens is 286 g/mol. The molecule has 6 heteroatoms. The van der Waals surface area contributed by atoms with Gasteiger partial charge in [0.1, 0.15) is 6.04 Å². The van der Waals surface area contributed by atoms with Gasteiger partial charge in [-0.1, -0.05) is 11.6 Å². The van der Waals surface area contributed by atoms with Crippen LogP contribution in [0.4, 0.5) is 0 Å². The number of hydrogen-bond donors (Lipinski definition) is 1. The van der Waals surface area contributed by atoms with Crippen molar-refractivity contribution in [2.75, 3.05) is 12.8 Å². The predicted octanol–water partition coefficient (Wildman–Crippen LogP) is 2.75. The average molecular weight is 300 g/mol. The number of thioether (sulfide) groups is 1. The van der Waals surface area contributed by atoms with Crippen LogP contribution in [0.5, 0.6) is 0 Å². The molecule has 0 aromatic heterocycles. The number of rotatable bonds is 3. The highest BCUT2D eigenvalue weighted by Crippen LogP contribution is 2.27. The largest absolute Gasteiger partial charge is 0.480 e. The fourth-order valence-electron chi connectivity index (χ4n) is 2.22. The van der Waals surface area contributed by atoms with Crippen molar-refractivity contribution >= 4 is 35.2 Å². The van der Waals surface area contributed by atoms with E-state index < -0.39 is 12.0 Å². The molecule has 4 nitrogen and oxygen atoms in total. The SMILES string of the molecule is CSc1ccc(Cl)c(C(=O)N2CCCC2C(=O)O)c1. The lowest BCUT2D eigenvalue weighted by atomic mass is 10.1. The van der Waals surface area contributed by atoms with E-state index in [1.165, 1.54) is 16.7 Å². The van der Waals surface area contributed by atoms with Gasteiger partial charge in [-0.3, -0.25) is 4.79 Å². The highest BCUT2D eigenvalue weighted by atomic mass is 35.5. The van der Waals surface area contributed by atoms with Crippen molar-refractivity contribution in [3.05, 3.63) is 28.8 Å². The van der Waals surface area contributed by atoms with E-state index >= 15 is 0 Å². The summed E-state index contributed by atoms with van der Waals surface area (Å²) in [4.78, 5) is 25.9. The molecule has 0 aliphatic carbocycles. The number of benzene rings is 1. The summed E-state index contributed by atoms with van der Waals surface area (Å²) >= 11 is 7.56. The lowest BCUT2D eigenvalue weighted by Gasteiger charge is -2.22. The summed E-state index contributed by atoms with van der Waals surface area (Å²) in [5.74, 6) is -1.26. The second-order valence-electron chi connectivity index (χ2n) is 4.34. The van der Waals surface area contributed by atoms with E-state index in [1.807, 2.05) is 12.3 Å². The molecule has 1 aromatic carbocycles. The van der Waals surface area contributed by atoms with Gasteiger partial charge in [-0.15, -0.1) is 11.8 Å². The zero-order chi connectivity index (χ0) is 14.0. The van der Waals surface area contributed by atoms with Gasteiger partial charge >= 0.3 is 5.97 Å². The quantitative estimate of drug-likeness (QED) is 0.872. The number of nitrogens with zero attached hydrogens (tertiary/aromatic N) is 1. The molecule has 1 amide bonds. The number of carbonyl (C=O) groups is 2. The molecule has 1 fully saturated rings. The van der Waals surface area contributed by atoms with E-state index in [0.29, 0.717) is 30.0 Å². The Labute approximate surface area is 120 Å².